The molecule has 160 valence electrons. The van der Waals surface area contributed by atoms with E-state index in [4.69, 9.17) is 0 Å². The second kappa shape index (κ2) is 12.0. The molecule has 0 heterocycles. The van der Waals surface area contributed by atoms with E-state index in [0.717, 1.165) is 0 Å². The molecule has 0 amide bonds. The van der Waals surface area contributed by atoms with Crippen LogP contribution in [0.4, 0.5) is 0 Å². The topological polar surface area (TPSA) is 112 Å². The van der Waals surface area contributed by atoms with Crippen molar-refractivity contribution in [1.29, 1.82) is 0 Å². The van der Waals surface area contributed by atoms with E-state index in [-0.39, 0.29) is 51.6 Å². The Hall–Kier alpha value is -0.854. The normalized spacial score (nSPS) is 13.4. The first-order valence-corrected chi connectivity index (χ1v) is 8.97. The summed E-state index contributed by atoms with van der Waals surface area (Å²) in [7, 11) is 0. The number of allylic oxidation sites excluding steroid dienone is 4. The van der Waals surface area contributed by atoms with Gasteiger partial charge >= 0.3 is 23.1 Å². The number of rotatable bonds is 2. The van der Waals surface area contributed by atoms with Crippen LogP contribution in [0.1, 0.15) is 83.1 Å². The standard InChI is InChI=1S/2C11H20O2.Mg.H2O/c2*1-10(2,3)8(12)7-9(13)11(4,5)6;;/h2*7,12H,1-6H3;;1H2/q;;+2;/p-2/b2*8-7-;;. The third-order valence-corrected chi connectivity index (χ3v) is 3.48. The van der Waals surface area contributed by atoms with Crippen molar-refractivity contribution in [2.45, 2.75) is 83.1 Å². The quantitative estimate of drug-likeness (QED) is 0.397. The fourth-order valence-electron chi connectivity index (χ4n) is 1.10. The maximum absolute atomic E-state index is 11.4. The van der Waals surface area contributed by atoms with Gasteiger partial charge in [-0.3, -0.25) is 9.59 Å². The number of hydrogen-bond acceptors (Lipinski definition) is 4. The molecule has 6 heteroatoms. The van der Waals surface area contributed by atoms with Crippen molar-refractivity contribution in [3.05, 3.63) is 23.7 Å². The molecule has 0 aliphatic carbocycles. The molecule has 0 aromatic carbocycles. The molecule has 0 aromatic heterocycles. The molecular weight excluding hydrogens is 369 g/mol. The van der Waals surface area contributed by atoms with Crippen molar-refractivity contribution in [1.82, 2.24) is 0 Å². The molecule has 0 rings (SSSR count). The Labute approximate surface area is 188 Å². The van der Waals surface area contributed by atoms with Gasteiger partial charge < -0.3 is 15.7 Å². The molecule has 0 fully saturated rings. The molecule has 5 nitrogen and oxygen atoms in total. The number of hydrogen-bond donors (Lipinski definition) is 0. The fraction of sp³-hybridized carbons (Fsp3) is 0.727. The van der Waals surface area contributed by atoms with E-state index in [1.165, 1.54) is 12.2 Å². The molecule has 0 saturated heterocycles. The average molecular weight is 409 g/mol. The van der Waals surface area contributed by atoms with Gasteiger partial charge in [0.2, 0.25) is 0 Å². The van der Waals surface area contributed by atoms with Crippen LogP contribution in [-0.4, -0.2) is 40.1 Å². The van der Waals surface area contributed by atoms with Crippen LogP contribution in [0.5, 0.6) is 0 Å². The zero-order valence-corrected chi connectivity index (χ0v) is 21.4. The zero-order valence-electron chi connectivity index (χ0n) is 20.0. The number of carbonyl (C=O) groups excluding carboxylic acids is 2. The molecule has 0 aliphatic rings. The van der Waals surface area contributed by atoms with Crippen molar-refractivity contribution in [3.63, 3.8) is 0 Å². The summed E-state index contributed by atoms with van der Waals surface area (Å²) < 4.78 is 0. The summed E-state index contributed by atoms with van der Waals surface area (Å²) in [5.41, 5.74) is -1.83. The molecule has 0 atom stereocenters. The predicted octanol–water partition coefficient (Wildman–Crippen LogP) is 2.58. The monoisotopic (exact) mass is 408 g/mol. The molecule has 0 unspecified atom stereocenters. The molecule has 2 N–H and O–H groups in total. The minimum absolute atomic E-state index is 0. The Bertz CT molecular complexity index is 508. The maximum Gasteiger partial charge on any atom is 2.00 e. The van der Waals surface area contributed by atoms with Crippen LogP contribution in [0, 0.1) is 21.7 Å². The Morgan fingerprint density at radius 3 is 0.821 bits per heavy atom. The molecular formula is C22H40MgO5. The summed E-state index contributed by atoms with van der Waals surface area (Å²) >= 11 is 0. The molecule has 28 heavy (non-hydrogen) atoms. The first kappa shape index (κ1) is 34.6. The van der Waals surface area contributed by atoms with E-state index < -0.39 is 21.7 Å². The van der Waals surface area contributed by atoms with Crippen molar-refractivity contribution in [2.75, 3.05) is 0 Å². The van der Waals surface area contributed by atoms with Crippen molar-refractivity contribution >= 4 is 34.6 Å². The summed E-state index contributed by atoms with van der Waals surface area (Å²) in [4.78, 5) is 22.9. The minimum Gasteiger partial charge on any atom is -0.875 e. The van der Waals surface area contributed by atoms with E-state index in [9.17, 15) is 19.8 Å². The summed E-state index contributed by atoms with van der Waals surface area (Å²) in [6.07, 6.45) is 2.44. The largest absolute Gasteiger partial charge is 2.00 e. The van der Waals surface area contributed by atoms with E-state index in [2.05, 4.69) is 0 Å². The van der Waals surface area contributed by atoms with Gasteiger partial charge in [-0.05, 0) is 23.0 Å². The van der Waals surface area contributed by atoms with E-state index in [1.54, 1.807) is 0 Å². The second-order valence-electron chi connectivity index (χ2n) is 10.7. The SMILES string of the molecule is CC(C)(C)C(=O)/C=C(\[O-])C(C)(C)C.CC(C)(C)C(=O)/C=C(\[O-])C(C)(C)C.O.[Mg+2]. The third-order valence-electron chi connectivity index (χ3n) is 3.48. The van der Waals surface area contributed by atoms with E-state index in [1.807, 2.05) is 83.1 Å². The van der Waals surface area contributed by atoms with Gasteiger partial charge in [0.25, 0.3) is 0 Å². The van der Waals surface area contributed by atoms with Gasteiger partial charge in [0.1, 0.15) is 0 Å². The maximum atomic E-state index is 11.4. The first-order valence-electron chi connectivity index (χ1n) is 8.97. The van der Waals surface area contributed by atoms with Gasteiger partial charge in [-0.25, -0.2) is 0 Å². The van der Waals surface area contributed by atoms with Gasteiger partial charge in [0, 0.05) is 10.8 Å². The van der Waals surface area contributed by atoms with Crippen molar-refractivity contribution in [3.8, 4) is 0 Å². The van der Waals surface area contributed by atoms with Crippen LogP contribution in [-0.2, 0) is 9.59 Å². The molecule has 0 aliphatic heterocycles. The van der Waals surface area contributed by atoms with Crippen molar-refractivity contribution < 1.29 is 25.3 Å². The van der Waals surface area contributed by atoms with Crippen molar-refractivity contribution in [2.24, 2.45) is 21.7 Å². The Morgan fingerprint density at radius 1 is 0.536 bits per heavy atom. The first-order chi connectivity index (χ1) is 11.1. The third kappa shape index (κ3) is 15.1. The van der Waals surface area contributed by atoms with Gasteiger partial charge in [0.15, 0.2) is 11.6 Å². The van der Waals surface area contributed by atoms with Crippen LogP contribution >= 0.6 is 0 Å². The molecule has 0 radical (unpaired) electrons. The van der Waals surface area contributed by atoms with Crippen LogP contribution in [0.3, 0.4) is 0 Å². The van der Waals surface area contributed by atoms with Crippen LogP contribution in [0.25, 0.3) is 0 Å². The summed E-state index contributed by atoms with van der Waals surface area (Å²) in [6.45, 7) is 21.7. The van der Waals surface area contributed by atoms with Gasteiger partial charge in [-0.15, -0.1) is 11.5 Å². The summed E-state index contributed by atoms with van der Waals surface area (Å²) in [5.74, 6) is -0.417. The molecule has 0 bridgehead atoms. The number of carbonyl (C=O) groups is 2. The minimum atomic E-state index is -0.457. The summed E-state index contributed by atoms with van der Waals surface area (Å²) in [5, 5.41) is 22.9. The molecule has 0 saturated carbocycles. The molecule has 0 spiro atoms. The second-order valence-corrected chi connectivity index (χ2v) is 10.7. The van der Waals surface area contributed by atoms with Gasteiger partial charge in [-0.2, -0.15) is 0 Å². The van der Waals surface area contributed by atoms with Crippen LogP contribution in [0.15, 0.2) is 23.7 Å². The van der Waals surface area contributed by atoms with Gasteiger partial charge in [-0.1, -0.05) is 83.1 Å². The average Bonchev–Trinajstić information content (AvgIpc) is 2.34. The van der Waals surface area contributed by atoms with Crippen LogP contribution in [0.2, 0.25) is 0 Å². The fourth-order valence-corrected chi connectivity index (χ4v) is 1.10. The number of ketones is 2. The zero-order chi connectivity index (χ0) is 21.7. The smallest absolute Gasteiger partial charge is 0.875 e. The Morgan fingerprint density at radius 2 is 0.714 bits per heavy atom. The summed E-state index contributed by atoms with van der Waals surface area (Å²) in [6, 6.07) is 0. The van der Waals surface area contributed by atoms with Crippen LogP contribution < -0.4 is 10.2 Å². The Balaban J connectivity index is -0.000000192. The predicted molar refractivity (Wildman–Crippen MR) is 113 cm³/mol. The Kier molecular flexibility index (Phi) is 14.8. The van der Waals surface area contributed by atoms with E-state index >= 15 is 0 Å². The molecule has 0 aromatic rings. The van der Waals surface area contributed by atoms with Gasteiger partial charge in [0.05, 0.1) is 0 Å². The van der Waals surface area contributed by atoms with E-state index in [0.29, 0.717) is 0 Å².